The Morgan fingerprint density at radius 3 is 2.55 bits per heavy atom. The van der Waals surface area contributed by atoms with E-state index in [1.165, 1.54) is 0 Å². The summed E-state index contributed by atoms with van der Waals surface area (Å²) in [5.41, 5.74) is 2.04. The predicted octanol–water partition coefficient (Wildman–Crippen LogP) is 5.35. The average Bonchev–Trinajstić information content (AvgIpc) is 2.81. The molecule has 0 fully saturated rings. The Bertz CT molecular complexity index is 583. The number of imidazole rings is 1. The number of benzene rings is 1. The van der Waals surface area contributed by atoms with E-state index >= 15 is 0 Å². The Morgan fingerprint density at radius 1 is 1.30 bits per heavy atom. The molecule has 0 aliphatic heterocycles. The van der Waals surface area contributed by atoms with Crippen LogP contribution in [0.1, 0.15) is 32.5 Å². The zero-order valence-electron chi connectivity index (χ0n) is 12.1. The van der Waals surface area contributed by atoms with Gasteiger partial charge in [0.1, 0.15) is 5.82 Å². The number of aromatic nitrogens is 2. The van der Waals surface area contributed by atoms with Crippen LogP contribution in [-0.4, -0.2) is 20.6 Å². The average molecular weight is 331 g/mol. The Hall–Kier alpha value is -0.380. The van der Waals surface area contributed by atoms with E-state index in [1.807, 2.05) is 30.0 Å². The fraction of sp³-hybridized carbons (Fsp3) is 0.533. The number of nitrogens with zero attached hydrogens (tertiary/aromatic N) is 2. The molecular weight excluding hydrogens is 311 g/mol. The van der Waals surface area contributed by atoms with Crippen molar-refractivity contribution in [1.82, 2.24) is 9.55 Å². The molecule has 1 aromatic carbocycles. The summed E-state index contributed by atoms with van der Waals surface area (Å²) in [4.78, 5) is 4.62. The summed E-state index contributed by atoms with van der Waals surface area (Å²) in [6.45, 7) is 5.42. The Kier molecular flexibility index (Phi) is 5.27. The second-order valence-electron chi connectivity index (χ2n) is 4.98. The molecule has 2 nitrogen and oxygen atoms in total. The third kappa shape index (κ3) is 2.95. The molecule has 2 rings (SSSR count). The third-order valence-electron chi connectivity index (χ3n) is 4.08. The van der Waals surface area contributed by atoms with Crippen LogP contribution in [0.15, 0.2) is 18.2 Å². The fourth-order valence-corrected chi connectivity index (χ4v) is 3.75. The van der Waals surface area contributed by atoms with Crippen LogP contribution in [0.3, 0.4) is 0 Å². The van der Waals surface area contributed by atoms with Crippen molar-refractivity contribution in [3.05, 3.63) is 29.0 Å². The lowest BCUT2D eigenvalue weighted by atomic mass is 10.0. The van der Waals surface area contributed by atoms with Gasteiger partial charge in [0.05, 0.1) is 16.9 Å². The second kappa shape index (κ2) is 6.59. The van der Waals surface area contributed by atoms with Gasteiger partial charge in [-0.1, -0.05) is 25.4 Å². The number of rotatable bonds is 6. The third-order valence-corrected chi connectivity index (χ3v) is 6.12. The summed E-state index contributed by atoms with van der Waals surface area (Å²) in [5.74, 6) is 1.34. The van der Waals surface area contributed by atoms with Gasteiger partial charge in [0.15, 0.2) is 0 Å². The molecule has 0 N–H and O–H groups in total. The second-order valence-corrected chi connectivity index (χ2v) is 6.95. The highest BCUT2D eigenvalue weighted by Crippen LogP contribution is 2.34. The van der Waals surface area contributed by atoms with Crippen LogP contribution >= 0.6 is 35.0 Å². The molecule has 0 aliphatic rings. The molecule has 20 heavy (non-hydrogen) atoms. The molecule has 0 atom stereocenters. The van der Waals surface area contributed by atoms with Crippen LogP contribution in [0.5, 0.6) is 0 Å². The Morgan fingerprint density at radius 2 is 2.00 bits per heavy atom. The van der Waals surface area contributed by atoms with Crippen molar-refractivity contribution in [2.45, 2.75) is 43.9 Å². The van der Waals surface area contributed by atoms with Gasteiger partial charge in [-0.05, 0) is 37.3 Å². The first kappa shape index (κ1) is 16.0. The summed E-state index contributed by atoms with van der Waals surface area (Å²) in [7, 11) is 0. The number of hydrogen-bond acceptors (Lipinski definition) is 2. The molecule has 0 amide bonds. The number of halogens is 2. The molecule has 5 heteroatoms. The maximum Gasteiger partial charge on any atom is 0.124 e. The van der Waals surface area contributed by atoms with Gasteiger partial charge in [0.25, 0.3) is 0 Å². The summed E-state index contributed by atoms with van der Waals surface area (Å²) >= 11 is 14.1. The quantitative estimate of drug-likeness (QED) is 0.664. The predicted molar refractivity (Wildman–Crippen MR) is 91.1 cm³/mol. The van der Waals surface area contributed by atoms with E-state index in [0.29, 0.717) is 10.9 Å². The van der Waals surface area contributed by atoms with Gasteiger partial charge >= 0.3 is 0 Å². The minimum Gasteiger partial charge on any atom is -0.326 e. The van der Waals surface area contributed by atoms with Crippen LogP contribution in [0.4, 0.5) is 0 Å². The van der Waals surface area contributed by atoms with Crippen LogP contribution in [-0.2, 0) is 12.4 Å². The molecule has 0 unspecified atom stereocenters. The summed E-state index contributed by atoms with van der Waals surface area (Å²) < 4.78 is 2.48. The molecule has 0 saturated carbocycles. The molecule has 0 bridgehead atoms. The maximum absolute atomic E-state index is 6.08. The van der Waals surface area contributed by atoms with Crippen LogP contribution < -0.4 is 0 Å². The van der Waals surface area contributed by atoms with Crippen molar-refractivity contribution >= 4 is 46.0 Å². The van der Waals surface area contributed by atoms with Crippen molar-refractivity contribution in [3.63, 3.8) is 0 Å². The van der Waals surface area contributed by atoms with Gasteiger partial charge in [-0.25, -0.2) is 4.98 Å². The minimum atomic E-state index is 0.230. The van der Waals surface area contributed by atoms with Gasteiger partial charge in [-0.3, -0.25) is 0 Å². The van der Waals surface area contributed by atoms with E-state index in [1.54, 1.807) is 0 Å². The Balaban J connectivity index is 2.52. The van der Waals surface area contributed by atoms with Crippen molar-refractivity contribution in [2.75, 3.05) is 6.26 Å². The lowest BCUT2D eigenvalue weighted by Crippen LogP contribution is -2.29. The van der Waals surface area contributed by atoms with Crippen molar-refractivity contribution in [2.24, 2.45) is 0 Å². The highest BCUT2D eigenvalue weighted by Gasteiger charge is 2.27. The van der Waals surface area contributed by atoms with Crippen molar-refractivity contribution < 1.29 is 0 Å². The van der Waals surface area contributed by atoms with E-state index in [0.717, 1.165) is 36.2 Å². The van der Waals surface area contributed by atoms with E-state index in [-0.39, 0.29) is 4.75 Å². The van der Waals surface area contributed by atoms with E-state index in [9.17, 15) is 0 Å². The number of hydrogen-bond donors (Lipinski definition) is 0. The zero-order valence-corrected chi connectivity index (χ0v) is 14.4. The lowest BCUT2D eigenvalue weighted by molar-refractivity contribution is 0.466. The minimum absolute atomic E-state index is 0.230. The molecule has 0 aliphatic carbocycles. The number of fused-ring (bicyclic) bond motifs is 1. The van der Waals surface area contributed by atoms with Gasteiger partial charge in [-0.2, -0.15) is 11.8 Å². The van der Waals surface area contributed by atoms with Crippen molar-refractivity contribution in [1.29, 1.82) is 0 Å². The normalized spacial score (nSPS) is 12.2. The van der Waals surface area contributed by atoms with Gasteiger partial charge in [0.2, 0.25) is 0 Å². The summed E-state index contributed by atoms with van der Waals surface area (Å²) in [6, 6.07) is 5.86. The first-order valence-electron chi connectivity index (χ1n) is 6.85. The number of alkyl halides is 1. The Labute approximate surface area is 134 Å². The smallest absolute Gasteiger partial charge is 0.124 e. The number of thioether (sulfide) groups is 1. The molecule has 2 aromatic rings. The molecular formula is C15H20Cl2N2S. The topological polar surface area (TPSA) is 17.8 Å². The molecule has 110 valence electrons. The monoisotopic (exact) mass is 330 g/mol. The largest absolute Gasteiger partial charge is 0.326 e. The maximum atomic E-state index is 6.08. The zero-order chi connectivity index (χ0) is 14.8. The van der Waals surface area contributed by atoms with E-state index < -0.39 is 0 Å². The molecule has 0 saturated heterocycles. The summed E-state index contributed by atoms with van der Waals surface area (Å²) in [6.07, 6.45) is 4.43. The van der Waals surface area contributed by atoms with Crippen LogP contribution in [0.25, 0.3) is 11.0 Å². The molecule has 1 heterocycles. The fourth-order valence-electron chi connectivity index (χ4n) is 2.55. The van der Waals surface area contributed by atoms with E-state index in [2.05, 4.69) is 29.7 Å². The van der Waals surface area contributed by atoms with Crippen LogP contribution in [0.2, 0.25) is 5.02 Å². The first-order valence-corrected chi connectivity index (χ1v) is 8.98. The van der Waals surface area contributed by atoms with E-state index in [4.69, 9.17) is 23.2 Å². The SMILES string of the molecule is CCC(CC)(Cn1c(CCl)nc2cc(Cl)ccc21)SC. The molecule has 1 aromatic heterocycles. The van der Waals surface area contributed by atoms with Gasteiger partial charge in [-0.15, -0.1) is 11.6 Å². The van der Waals surface area contributed by atoms with Crippen LogP contribution in [0, 0.1) is 0 Å². The van der Waals surface area contributed by atoms with Gasteiger partial charge < -0.3 is 4.57 Å². The lowest BCUT2D eigenvalue weighted by Gasteiger charge is -2.31. The summed E-state index contributed by atoms with van der Waals surface area (Å²) in [5, 5.41) is 0.713. The standard InChI is InChI=1S/C15H20Cl2N2S/c1-4-15(5-2,20-3)10-19-13-7-6-11(17)8-12(13)18-14(19)9-16/h6-8H,4-5,9-10H2,1-3H3. The first-order chi connectivity index (χ1) is 9.59. The highest BCUT2D eigenvalue weighted by molar-refractivity contribution is 8.00. The highest BCUT2D eigenvalue weighted by atomic mass is 35.5. The molecule has 0 radical (unpaired) electrons. The van der Waals surface area contributed by atoms with Crippen molar-refractivity contribution in [3.8, 4) is 0 Å². The molecule has 0 spiro atoms. The van der Waals surface area contributed by atoms with Gasteiger partial charge in [0, 0.05) is 16.3 Å².